The van der Waals surface area contributed by atoms with Gasteiger partial charge in [-0.1, -0.05) is 55.9 Å². The number of aryl methyl sites for hydroxylation is 1. The van der Waals surface area contributed by atoms with Crippen molar-refractivity contribution in [2.45, 2.75) is 26.2 Å². The Morgan fingerprint density at radius 2 is 1.81 bits per heavy atom. The molecule has 0 amide bonds. The average Bonchev–Trinajstić information content (AvgIpc) is 2.31. The number of thiocarbonyl (C=S) groups is 1. The van der Waals surface area contributed by atoms with Crippen molar-refractivity contribution in [3.05, 3.63) is 35.9 Å². The molecule has 0 aliphatic rings. The Kier molecular flexibility index (Phi) is 7.99. The molecule has 0 aliphatic heterocycles. The van der Waals surface area contributed by atoms with Gasteiger partial charge in [-0.3, -0.25) is 0 Å². The number of thioether (sulfide) groups is 2. The summed E-state index contributed by atoms with van der Waals surface area (Å²) in [5.74, 6) is 2.27. The van der Waals surface area contributed by atoms with E-state index in [4.69, 9.17) is 12.2 Å². The van der Waals surface area contributed by atoms with Crippen LogP contribution in [0.4, 0.5) is 0 Å². The van der Waals surface area contributed by atoms with E-state index in [9.17, 15) is 0 Å². The van der Waals surface area contributed by atoms with Gasteiger partial charge in [0.2, 0.25) is 0 Å². The molecule has 0 aromatic heterocycles. The smallest absolute Gasteiger partial charge is 0.104 e. The van der Waals surface area contributed by atoms with Crippen LogP contribution in [0.2, 0.25) is 0 Å². The molecule has 0 N–H and O–H groups in total. The lowest BCUT2D eigenvalue weighted by Gasteiger charge is -2.03. The summed E-state index contributed by atoms with van der Waals surface area (Å²) in [6.45, 7) is 2.21. The first-order valence-corrected chi connectivity index (χ1v) is 8.04. The third-order valence-corrected chi connectivity index (χ3v) is 4.96. The molecule has 0 heterocycles. The van der Waals surface area contributed by atoms with E-state index >= 15 is 0 Å². The molecule has 0 spiro atoms. The number of rotatable bonds is 6. The lowest BCUT2D eigenvalue weighted by Crippen LogP contribution is -1.91. The van der Waals surface area contributed by atoms with Gasteiger partial charge in [0, 0.05) is 5.75 Å². The summed E-state index contributed by atoms with van der Waals surface area (Å²) in [7, 11) is 0. The van der Waals surface area contributed by atoms with Gasteiger partial charge in [0.25, 0.3) is 0 Å². The first-order valence-electron chi connectivity index (χ1n) is 5.66. The number of hydrogen-bond acceptors (Lipinski definition) is 3. The van der Waals surface area contributed by atoms with Gasteiger partial charge in [0.15, 0.2) is 0 Å². The summed E-state index contributed by atoms with van der Waals surface area (Å²) in [5.41, 5.74) is 1.40. The third kappa shape index (κ3) is 6.56. The summed E-state index contributed by atoms with van der Waals surface area (Å²) in [4.78, 5) is 0. The highest BCUT2D eigenvalue weighted by Gasteiger charge is 1.99. The summed E-state index contributed by atoms with van der Waals surface area (Å²) in [6, 6.07) is 10.6. The van der Waals surface area contributed by atoms with Crippen LogP contribution in [0.5, 0.6) is 0 Å². The van der Waals surface area contributed by atoms with Crippen LogP contribution < -0.4 is 0 Å². The van der Waals surface area contributed by atoms with Gasteiger partial charge in [0.05, 0.1) is 0 Å². The molecule has 0 radical (unpaired) electrons. The van der Waals surface area contributed by atoms with Gasteiger partial charge >= 0.3 is 0 Å². The van der Waals surface area contributed by atoms with Gasteiger partial charge in [0.1, 0.15) is 3.53 Å². The summed E-state index contributed by atoms with van der Waals surface area (Å²) in [5, 5.41) is 0. The zero-order valence-corrected chi connectivity index (χ0v) is 12.1. The van der Waals surface area contributed by atoms with E-state index in [1.54, 1.807) is 0 Å². The van der Waals surface area contributed by atoms with E-state index in [0.717, 1.165) is 15.7 Å². The van der Waals surface area contributed by atoms with Gasteiger partial charge in [-0.2, -0.15) is 0 Å². The Bertz CT molecular complexity index is 295. The van der Waals surface area contributed by atoms with Crippen molar-refractivity contribution >= 4 is 39.3 Å². The normalized spacial score (nSPS) is 10.3. The predicted octanol–water partition coefficient (Wildman–Crippen LogP) is 4.78. The number of benzene rings is 1. The number of hydrogen-bond donors (Lipinski definition) is 0. The minimum atomic E-state index is 1.10. The van der Waals surface area contributed by atoms with Gasteiger partial charge < -0.3 is 0 Å². The van der Waals surface area contributed by atoms with Crippen LogP contribution in [-0.4, -0.2) is 15.0 Å². The van der Waals surface area contributed by atoms with Crippen molar-refractivity contribution < 1.29 is 0 Å². The molecule has 0 bridgehead atoms. The van der Waals surface area contributed by atoms with Crippen molar-refractivity contribution in [2.75, 3.05) is 11.5 Å². The van der Waals surface area contributed by atoms with Crippen molar-refractivity contribution in [3.8, 4) is 0 Å². The third-order valence-electron chi connectivity index (χ3n) is 2.17. The van der Waals surface area contributed by atoms with E-state index < -0.39 is 0 Å². The van der Waals surface area contributed by atoms with Crippen molar-refractivity contribution in [3.63, 3.8) is 0 Å². The molecule has 0 aliphatic carbocycles. The van der Waals surface area contributed by atoms with E-state index in [2.05, 4.69) is 37.3 Å². The molecule has 1 rings (SSSR count). The molecule has 0 saturated heterocycles. The van der Waals surface area contributed by atoms with Crippen LogP contribution >= 0.6 is 35.7 Å². The highest BCUT2D eigenvalue weighted by Crippen LogP contribution is 2.19. The fraction of sp³-hybridized carbons (Fsp3) is 0.462. The Morgan fingerprint density at radius 3 is 2.50 bits per heavy atom. The van der Waals surface area contributed by atoms with Gasteiger partial charge in [-0.15, -0.1) is 23.5 Å². The fourth-order valence-corrected chi connectivity index (χ4v) is 3.68. The molecule has 1 aromatic rings. The zero-order chi connectivity index (χ0) is 11.6. The molecule has 3 heteroatoms. The SMILES string of the molecule is CCCCSC(=S)SCCc1ccccc1. The number of unbranched alkanes of at least 4 members (excludes halogenated alkanes) is 1. The predicted molar refractivity (Wildman–Crippen MR) is 82.6 cm³/mol. The summed E-state index contributed by atoms with van der Waals surface area (Å²) < 4.78 is 1.10. The molecule has 0 fully saturated rings. The second kappa shape index (κ2) is 9.08. The van der Waals surface area contributed by atoms with Gasteiger partial charge in [-0.25, -0.2) is 0 Å². The van der Waals surface area contributed by atoms with Crippen LogP contribution in [0, 0.1) is 0 Å². The lowest BCUT2D eigenvalue weighted by atomic mass is 10.2. The largest absolute Gasteiger partial charge is 0.108 e. The van der Waals surface area contributed by atoms with E-state index in [1.165, 1.54) is 24.2 Å². The van der Waals surface area contributed by atoms with Crippen LogP contribution in [-0.2, 0) is 6.42 Å². The first-order chi connectivity index (χ1) is 7.83. The van der Waals surface area contributed by atoms with Crippen molar-refractivity contribution in [2.24, 2.45) is 0 Å². The molecule has 0 saturated carbocycles. The second-order valence-electron chi connectivity index (χ2n) is 3.54. The minimum absolute atomic E-state index is 1.10. The molecule has 0 atom stereocenters. The molecule has 16 heavy (non-hydrogen) atoms. The van der Waals surface area contributed by atoms with Gasteiger partial charge in [-0.05, 0) is 24.2 Å². The highest BCUT2D eigenvalue weighted by molar-refractivity contribution is 8.47. The van der Waals surface area contributed by atoms with Crippen LogP contribution in [0.3, 0.4) is 0 Å². The Balaban J connectivity index is 2.09. The highest BCUT2D eigenvalue weighted by atomic mass is 32.2. The maximum atomic E-state index is 5.31. The zero-order valence-electron chi connectivity index (χ0n) is 9.65. The Labute approximate surface area is 113 Å². The minimum Gasteiger partial charge on any atom is -0.108 e. The maximum Gasteiger partial charge on any atom is 0.104 e. The monoisotopic (exact) mass is 270 g/mol. The molecule has 0 nitrogen and oxygen atoms in total. The van der Waals surface area contributed by atoms with E-state index in [-0.39, 0.29) is 0 Å². The lowest BCUT2D eigenvalue weighted by molar-refractivity contribution is 0.898. The molecule has 88 valence electrons. The molecule has 0 unspecified atom stereocenters. The van der Waals surface area contributed by atoms with E-state index in [1.807, 2.05) is 23.5 Å². The maximum absolute atomic E-state index is 5.31. The standard InChI is InChI=1S/C13H18S3/c1-2-3-10-15-13(14)16-11-9-12-7-5-4-6-8-12/h4-8H,2-3,9-11H2,1H3. The second-order valence-corrected chi connectivity index (χ2v) is 6.93. The van der Waals surface area contributed by atoms with E-state index in [0.29, 0.717) is 0 Å². The topological polar surface area (TPSA) is 0 Å². The molecule has 1 aromatic carbocycles. The molecular formula is C13H18S3. The summed E-state index contributed by atoms with van der Waals surface area (Å²) >= 11 is 8.96. The Morgan fingerprint density at radius 1 is 1.12 bits per heavy atom. The Hall–Kier alpha value is 0.01000. The van der Waals surface area contributed by atoms with Crippen molar-refractivity contribution in [1.82, 2.24) is 0 Å². The van der Waals surface area contributed by atoms with Crippen molar-refractivity contribution in [1.29, 1.82) is 0 Å². The van der Waals surface area contributed by atoms with Crippen LogP contribution in [0.15, 0.2) is 30.3 Å². The van der Waals surface area contributed by atoms with Crippen LogP contribution in [0.1, 0.15) is 25.3 Å². The quantitative estimate of drug-likeness (QED) is 0.539. The average molecular weight is 270 g/mol. The first kappa shape index (κ1) is 14.1. The fourth-order valence-electron chi connectivity index (χ4n) is 1.24. The summed E-state index contributed by atoms with van der Waals surface area (Å²) in [6.07, 6.45) is 3.63. The molecular weight excluding hydrogens is 252 g/mol. The van der Waals surface area contributed by atoms with Crippen LogP contribution in [0.25, 0.3) is 0 Å².